The minimum absolute atomic E-state index is 0.146. The number of sulfonamides is 1. The van der Waals surface area contributed by atoms with Gasteiger partial charge in [-0.15, -0.1) is 0 Å². The first kappa shape index (κ1) is 23.0. The van der Waals surface area contributed by atoms with E-state index in [1.165, 1.54) is 64.5 Å². The third kappa shape index (κ3) is 6.18. The molecule has 30 heavy (non-hydrogen) atoms. The van der Waals surface area contributed by atoms with Gasteiger partial charge in [-0.05, 0) is 62.9 Å². The van der Waals surface area contributed by atoms with Gasteiger partial charge in [-0.3, -0.25) is 9.89 Å². The molecule has 1 saturated heterocycles. The number of hydrogen-bond acceptors (Lipinski definition) is 4. The first-order chi connectivity index (χ1) is 14.4. The van der Waals surface area contributed by atoms with Crippen molar-refractivity contribution in [1.82, 2.24) is 15.5 Å². The molecular formula is C22H37N5O2S. The highest BCUT2D eigenvalue weighted by Crippen LogP contribution is 2.35. The summed E-state index contributed by atoms with van der Waals surface area (Å²) in [5.74, 6) is 0.832. The predicted octanol–water partition coefficient (Wildman–Crippen LogP) is 2.23. The summed E-state index contributed by atoms with van der Waals surface area (Å²) in [6, 6.07) is 6.74. The summed E-state index contributed by atoms with van der Waals surface area (Å²) in [6.45, 7) is 4.12. The van der Waals surface area contributed by atoms with E-state index in [9.17, 15) is 8.42 Å². The van der Waals surface area contributed by atoms with E-state index >= 15 is 0 Å². The van der Waals surface area contributed by atoms with Crippen molar-refractivity contribution < 1.29 is 8.42 Å². The summed E-state index contributed by atoms with van der Waals surface area (Å²) in [5, 5.41) is 12.2. The molecule has 2 fully saturated rings. The summed E-state index contributed by atoms with van der Waals surface area (Å²) in [6.07, 6.45) is 11.3. The Morgan fingerprint density at radius 3 is 2.27 bits per heavy atom. The first-order valence-corrected chi connectivity index (χ1v) is 12.8. The second kappa shape index (κ2) is 10.6. The lowest BCUT2D eigenvalue weighted by Gasteiger charge is -2.48. The zero-order valence-corrected chi connectivity index (χ0v) is 19.0. The van der Waals surface area contributed by atoms with Crippen LogP contribution in [-0.2, 0) is 16.4 Å². The highest BCUT2D eigenvalue weighted by Gasteiger charge is 2.38. The number of benzene rings is 1. The van der Waals surface area contributed by atoms with E-state index in [0.717, 1.165) is 31.0 Å². The number of nitrogens with two attached hydrogens (primary N) is 1. The van der Waals surface area contributed by atoms with Crippen LogP contribution < -0.4 is 15.8 Å². The topological polar surface area (TPSA) is 99.8 Å². The molecule has 1 heterocycles. The summed E-state index contributed by atoms with van der Waals surface area (Å²) < 4.78 is 22.7. The van der Waals surface area contributed by atoms with Crippen LogP contribution in [0.4, 0.5) is 0 Å². The van der Waals surface area contributed by atoms with Crippen LogP contribution in [0.25, 0.3) is 0 Å². The molecule has 1 aromatic rings. The van der Waals surface area contributed by atoms with Gasteiger partial charge >= 0.3 is 0 Å². The molecule has 0 bridgehead atoms. The van der Waals surface area contributed by atoms with Crippen molar-refractivity contribution in [3.8, 4) is 0 Å². The molecule has 1 aliphatic carbocycles. The Bertz CT molecular complexity index is 795. The van der Waals surface area contributed by atoms with Crippen LogP contribution in [0.2, 0.25) is 0 Å². The number of likely N-dealkylation sites (tertiary alicyclic amines) is 1. The van der Waals surface area contributed by atoms with Gasteiger partial charge in [-0.1, -0.05) is 37.8 Å². The number of nitrogens with zero attached hydrogens (tertiary/aromatic N) is 2. The highest BCUT2D eigenvalue weighted by atomic mass is 32.2. The van der Waals surface area contributed by atoms with Crippen molar-refractivity contribution in [3.63, 3.8) is 0 Å². The number of primary sulfonamides is 1. The Hall–Kier alpha value is -1.64. The quantitative estimate of drug-likeness (QED) is 0.450. The van der Waals surface area contributed by atoms with E-state index in [0.29, 0.717) is 0 Å². The molecule has 7 nitrogen and oxygen atoms in total. The summed E-state index contributed by atoms with van der Waals surface area (Å²) in [5.41, 5.74) is 1.32. The van der Waals surface area contributed by atoms with Crippen LogP contribution in [0.3, 0.4) is 0 Å². The van der Waals surface area contributed by atoms with Crippen molar-refractivity contribution in [2.75, 3.05) is 33.2 Å². The van der Waals surface area contributed by atoms with Crippen molar-refractivity contribution in [2.24, 2.45) is 10.1 Å². The molecule has 4 N–H and O–H groups in total. The normalized spacial score (nSPS) is 20.7. The molecule has 1 saturated carbocycles. The van der Waals surface area contributed by atoms with E-state index < -0.39 is 10.0 Å². The van der Waals surface area contributed by atoms with Gasteiger partial charge < -0.3 is 10.6 Å². The minimum atomic E-state index is -3.64. The van der Waals surface area contributed by atoms with Gasteiger partial charge in [-0.25, -0.2) is 13.6 Å². The molecule has 0 amide bonds. The lowest BCUT2D eigenvalue weighted by molar-refractivity contribution is 0.0368. The number of nitrogens with one attached hydrogen (secondary N) is 2. The fraction of sp³-hybridized carbons (Fsp3) is 0.682. The van der Waals surface area contributed by atoms with E-state index in [-0.39, 0.29) is 10.4 Å². The molecule has 0 atom stereocenters. The molecule has 0 unspecified atom stereocenters. The van der Waals surface area contributed by atoms with Gasteiger partial charge in [0, 0.05) is 25.7 Å². The van der Waals surface area contributed by atoms with Crippen LogP contribution in [0.1, 0.15) is 56.9 Å². The molecule has 0 aromatic heterocycles. The standard InChI is InChI=1S/C22H37N5O2S/c1-24-21(25-15-12-19-8-10-20(11-9-19)30(23,28)29)26-18-22(13-4-2-5-14-22)27-16-6-3-7-17-27/h8-11H,2-7,12-18H2,1H3,(H2,23,28,29)(H2,24,25,26). The first-order valence-electron chi connectivity index (χ1n) is 11.2. The highest BCUT2D eigenvalue weighted by molar-refractivity contribution is 7.89. The van der Waals surface area contributed by atoms with E-state index in [1.54, 1.807) is 12.1 Å². The van der Waals surface area contributed by atoms with Crippen LogP contribution in [0, 0.1) is 0 Å². The van der Waals surface area contributed by atoms with Gasteiger partial charge in [0.1, 0.15) is 0 Å². The monoisotopic (exact) mass is 435 g/mol. The van der Waals surface area contributed by atoms with Gasteiger partial charge in [0.05, 0.1) is 4.90 Å². The minimum Gasteiger partial charge on any atom is -0.356 e. The molecule has 3 rings (SSSR count). The number of piperidine rings is 1. The van der Waals surface area contributed by atoms with Crippen molar-refractivity contribution >= 4 is 16.0 Å². The van der Waals surface area contributed by atoms with Gasteiger partial charge in [0.2, 0.25) is 10.0 Å². The van der Waals surface area contributed by atoms with Crippen LogP contribution in [-0.4, -0.2) is 58.0 Å². The van der Waals surface area contributed by atoms with Gasteiger partial charge in [0.25, 0.3) is 0 Å². The van der Waals surface area contributed by atoms with Crippen molar-refractivity contribution in [3.05, 3.63) is 29.8 Å². The Kier molecular flexibility index (Phi) is 8.13. The second-order valence-corrected chi connectivity index (χ2v) is 10.2. The summed E-state index contributed by atoms with van der Waals surface area (Å²) in [7, 11) is -1.83. The SMILES string of the molecule is CN=C(NCCc1ccc(S(N)(=O)=O)cc1)NCC1(N2CCCCC2)CCCCC1. The van der Waals surface area contributed by atoms with Crippen LogP contribution in [0.5, 0.6) is 0 Å². The average molecular weight is 436 g/mol. The van der Waals surface area contributed by atoms with Crippen LogP contribution in [0.15, 0.2) is 34.2 Å². The molecule has 168 valence electrons. The number of hydrogen-bond donors (Lipinski definition) is 3. The molecule has 8 heteroatoms. The lowest BCUT2D eigenvalue weighted by atomic mass is 9.79. The van der Waals surface area contributed by atoms with Crippen molar-refractivity contribution in [2.45, 2.75) is 68.2 Å². The van der Waals surface area contributed by atoms with E-state index in [2.05, 4.69) is 20.5 Å². The summed E-state index contributed by atoms with van der Waals surface area (Å²) in [4.78, 5) is 7.29. The molecule has 1 aromatic carbocycles. The molecular weight excluding hydrogens is 398 g/mol. The van der Waals surface area contributed by atoms with Crippen LogP contribution >= 0.6 is 0 Å². The largest absolute Gasteiger partial charge is 0.356 e. The van der Waals surface area contributed by atoms with Gasteiger partial charge in [0.15, 0.2) is 5.96 Å². The molecule has 2 aliphatic rings. The second-order valence-electron chi connectivity index (χ2n) is 8.62. The maximum absolute atomic E-state index is 11.4. The molecule has 0 spiro atoms. The lowest BCUT2D eigenvalue weighted by Crippen LogP contribution is -2.59. The van der Waals surface area contributed by atoms with Gasteiger partial charge in [-0.2, -0.15) is 0 Å². The zero-order valence-electron chi connectivity index (χ0n) is 18.2. The Labute approximate surface area is 181 Å². The Morgan fingerprint density at radius 2 is 1.67 bits per heavy atom. The predicted molar refractivity (Wildman–Crippen MR) is 122 cm³/mol. The third-order valence-corrected chi connectivity index (χ3v) is 7.51. The maximum Gasteiger partial charge on any atom is 0.238 e. The Balaban J connectivity index is 1.51. The smallest absolute Gasteiger partial charge is 0.238 e. The Morgan fingerprint density at radius 1 is 1.03 bits per heavy atom. The molecule has 1 aliphatic heterocycles. The van der Waals surface area contributed by atoms with Crippen molar-refractivity contribution in [1.29, 1.82) is 0 Å². The van der Waals surface area contributed by atoms with E-state index in [1.807, 2.05) is 19.2 Å². The number of rotatable bonds is 7. The average Bonchev–Trinajstić information content (AvgIpc) is 2.77. The number of aliphatic imine (C=N–C) groups is 1. The maximum atomic E-state index is 11.4. The zero-order chi connectivity index (χ0) is 21.5. The summed E-state index contributed by atoms with van der Waals surface area (Å²) >= 11 is 0. The fourth-order valence-corrected chi connectivity index (χ4v) is 5.34. The van der Waals surface area contributed by atoms with E-state index in [4.69, 9.17) is 5.14 Å². The third-order valence-electron chi connectivity index (χ3n) is 6.58. The number of guanidine groups is 1. The molecule has 0 radical (unpaired) electrons. The fourth-order valence-electron chi connectivity index (χ4n) is 4.82.